The van der Waals surface area contributed by atoms with Gasteiger partial charge in [-0.15, -0.1) is 0 Å². The highest BCUT2D eigenvalue weighted by atomic mass is 16.5. The quantitative estimate of drug-likeness (QED) is 0.876. The van der Waals surface area contributed by atoms with Crippen LogP contribution in [0.1, 0.15) is 63.1 Å². The van der Waals surface area contributed by atoms with Crippen LogP contribution < -0.4 is 5.73 Å². The van der Waals surface area contributed by atoms with Crippen LogP contribution in [0.2, 0.25) is 0 Å². The predicted octanol–water partition coefficient (Wildman–Crippen LogP) is 1.74. The van der Waals surface area contributed by atoms with Crippen molar-refractivity contribution in [1.29, 1.82) is 0 Å². The lowest BCUT2D eigenvalue weighted by molar-refractivity contribution is -0.156. The van der Waals surface area contributed by atoms with Crippen molar-refractivity contribution in [3.63, 3.8) is 0 Å². The van der Waals surface area contributed by atoms with Gasteiger partial charge < -0.3 is 15.4 Å². The molecule has 0 saturated heterocycles. The molecule has 4 saturated carbocycles. The maximum absolute atomic E-state index is 11.5. The number of hydrogen-bond donors (Lipinski definition) is 2. The first-order chi connectivity index (χ1) is 10.0. The molecule has 4 aliphatic rings. The first-order valence-electron chi connectivity index (χ1n) is 7.83. The number of carbonyl (C=O) groups is 1. The van der Waals surface area contributed by atoms with Crippen LogP contribution in [0.5, 0.6) is 0 Å². The van der Waals surface area contributed by atoms with E-state index in [0.717, 1.165) is 63.1 Å². The van der Waals surface area contributed by atoms with Gasteiger partial charge in [0.25, 0.3) is 0 Å². The molecular formula is C15H21N3O3. The van der Waals surface area contributed by atoms with Crippen molar-refractivity contribution in [1.82, 2.24) is 10.1 Å². The molecule has 4 aliphatic carbocycles. The van der Waals surface area contributed by atoms with E-state index in [-0.39, 0.29) is 10.8 Å². The highest BCUT2D eigenvalue weighted by Gasteiger charge is 2.56. The minimum absolute atomic E-state index is 0.0491. The molecule has 5 rings (SSSR count). The van der Waals surface area contributed by atoms with Crippen molar-refractivity contribution < 1.29 is 14.4 Å². The number of rotatable bonds is 4. The number of nitrogens with zero attached hydrogens (tertiary/aromatic N) is 2. The molecule has 1 aromatic rings. The van der Waals surface area contributed by atoms with Crippen molar-refractivity contribution in [2.45, 2.75) is 62.2 Å². The van der Waals surface area contributed by atoms with Gasteiger partial charge in [0.05, 0.1) is 5.41 Å². The molecule has 114 valence electrons. The summed E-state index contributed by atoms with van der Waals surface area (Å²) in [6.07, 6.45) is 6.78. The SMILES string of the molecule is NCC1(c2noc(C34CCC(C(=O)O)(CC3)CC4)n2)CC1. The molecule has 6 nitrogen and oxygen atoms in total. The number of aromatic nitrogens is 2. The summed E-state index contributed by atoms with van der Waals surface area (Å²) in [4.78, 5) is 16.2. The summed E-state index contributed by atoms with van der Waals surface area (Å²) in [7, 11) is 0. The summed E-state index contributed by atoms with van der Waals surface area (Å²) in [5, 5.41) is 13.6. The first-order valence-corrected chi connectivity index (χ1v) is 7.83. The van der Waals surface area contributed by atoms with E-state index in [1.165, 1.54) is 0 Å². The second-order valence-corrected chi connectivity index (χ2v) is 7.27. The normalized spacial score (nSPS) is 36.6. The van der Waals surface area contributed by atoms with Gasteiger partial charge >= 0.3 is 5.97 Å². The standard InChI is InChI=1S/C15H21N3O3/c16-9-15(7-8-15)10-17-11(21-18-10)13-1-4-14(5-2-13,6-3-13)12(19)20/h1-9,16H2,(H,19,20). The van der Waals surface area contributed by atoms with Crippen LogP contribution in [-0.2, 0) is 15.6 Å². The van der Waals surface area contributed by atoms with E-state index in [0.29, 0.717) is 6.54 Å². The summed E-state index contributed by atoms with van der Waals surface area (Å²) >= 11 is 0. The smallest absolute Gasteiger partial charge is 0.309 e. The van der Waals surface area contributed by atoms with Gasteiger partial charge in [-0.25, -0.2) is 0 Å². The largest absolute Gasteiger partial charge is 0.481 e. The number of nitrogens with two attached hydrogens (primary N) is 1. The van der Waals surface area contributed by atoms with Crippen molar-refractivity contribution in [2.75, 3.05) is 6.54 Å². The molecule has 0 amide bonds. The van der Waals surface area contributed by atoms with Gasteiger partial charge in [0, 0.05) is 17.4 Å². The molecule has 2 bridgehead atoms. The highest BCUT2D eigenvalue weighted by molar-refractivity contribution is 5.75. The number of fused-ring (bicyclic) bond motifs is 3. The molecule has 1 heterocycles. The lowest BCUT2D eigenvalue weighted by Crippen LogP contribution is -2.48. The minimum Gasteiger partial charge on any atom is -0.481 e. The first kappa shape index (κ1) is 13.2. The van der Waals surface area contributed by atoms with Gasteiger partial charge in [-0.05, 0) is 51.4 Å². The second-order valence-electron chi connectivity index (χ2n) is 7.27. The number of hydrogen-bond acceptors (Lipinski definition) is 5. The van der Waals surface area contributed by atoms with E-state index in [1.807, 2.05) is 0 Å². The topological polar surface area (TPSA) is 102 Å². The Labute approximate surface area is 123 Å². The van der Waals surface area contributed by atoms with Crippen LogP contribution in [0, 0.1) is 5.41 Å². The Morgan fingerprint density at radius 1 is 1.14 bits per heavy atom. The molecule has 0 spiro atoms. The molecule has 0 aliphatic heterocycles. The van der Waals surface area contributed by atoms with Crippen molar-refractivity contribution >= 4 is 5.97 Å². The maximum Gasteiger partial charge on any atom is 0.309 e. The highest BCUT2D eigenvalue weighted by Crippen LogP contribution is 2.58. The maximum atomic E-state index is 11.5. The third-order valence-corrected chi connectivity index (χ3v) is 6.30. The number of carboxylic acids is 1. The van der Waals surface area contributed by atoms with Crippen LogP contribution in [0.3, 0.4) is 0 Å². The molecule has 0 unspecified atom stereocenters. The zero-order valence-electron chi connectivity index (χ0n) is 12.1. The molecule has 0 aromatic carbocycles. The molecule has 0 radical (unpaired) electrons. The van der Waals surface area contributed by atoms with E-state index in [2.05, 4.69) is 10.1 Å². The Kier molecular flexibility index (Phi) is 2.56. The molecular weight excluding hydrogens is 270 g/mol. The molecule has 4 fully saturated rings. The van der Waals surface area contributed by atoms with E-state index >= 15 is 0 Å². The fraction of sp³-hybridized carbons (Fsp3) is 0.800. The number of carboxylic acid groups (broad SMARTS) is 1. The van der Waals surface area contributed by atoms with E-state index < -0.39 is 11.4 Å². The van der Waals surface area contributed by atoms with Gasteiger partial charge in [-0.2, -0.15) is 4.98 Å². The third kappa shape index (κ3) is 1.71. The fourth-order valence-corrected chi connectivity index (χ4v) is 4.15. The number of aliphatic carboxylic acids is 1. The Morgan fingerprint density at radius 3 is 2.24 bits per heavy atom. The zero-order chi connectivity index (χ0) is 14.7. The van der Waals surface area contributed by atoms with Gasteiger partial charge in [-0.1, -0.05) is 5.16 Å². The van der Waals surface area contributed by atoms with Gasteiger partial charge in [-0.3, -0.25) is 4.79 Å². The average Bonchev–Trinajstić information content (AvgIpc) is 3.16. The lowest BCUT2D eigenvalue weighted by atomic mass is 9.53. The molecule has 3 N–H and O–H groups in total. The van der Waals surface area contributed by atoms with Crippen LogP contribution in [0.4, 0.5) is 0 Å². The van der Waals surface area contributed by atoms with Gasteiger partial charge in [0.2, 0.25) is 5.89 Å². The van der Waals surface area contributed by atoms with Crippen LogP contribution >= 0.6 is 0 Å². The monoisotopic (exact) mass is 291 g/mol. The third-order valence-electron chi connectivity index (χ3n) is 6.30. The fourth-order valence-electron chi connectivity index (χ4n) is 4.15. The average molecular weight is 291 g/mol. The summed E-state index contributed by atoms with van der Waals surface area (Å²) < 4.78 is 5.58. The van der Waals surface area contributed by atoms with E-state index in [9.17, 15) is 9.90 Å². The summed E-state index contributed by atoms with van der Waals surface area (Å²) in [5.74, 6) is 0.841. The molecule has 21 heavy (non-hydrogen) atoms. The Hall–Kier alpha value is -1.43. The van der Waals surface area contributed by atoms with Crippen molar-refractivity contribution in [2.24, 2.45) is 11.1 Å². The minimum atomic E-state index is -0.637. The van der Waals surface area contributed by atoms with Gasteiger partial charge in [0.1, 0.15) is 0 Å². The summed E-state index contributed by atoms with van der Waals surface area (Å²) in [6, 6.07) is 0. The van der Waals surface area contributed by atoms with Crippen LogP contribution in [0.25, 0.3) is 0 Å². The van der Waals surface area contributed by atoms with Gasteiger partial charge in [0.15, 0.2) is 5.82 Å². The van der Waals surface area contributed by atoms with E-state index in [4.69, 9.17) is 10.3 Å². The Morgan fingerprint density at radius 2 is 1.76 bits per heavy atom. The summed E-state index contributed by atoms with van der Waals surface area (Å²) in [6.45, 7) is 0.571. The predicted molar refractivity (Wildman–Crippen MR) is 73.7 cm³/mol. The van der Waals surface area contributed by atoms with Crippen molar-refractivity contribution in [3.8, 4) is 0 Å². The van der Waals surface area contributed by atoms with E-state index in [1.54, 1.807) is 0 Å². The van der Waals surface area contributed by atoms with Crippen molar-refractivity contribution in [3.05, 3.63) is 11.7 Å². The molecule has 0 atom stereocenters. The van der Waals surface area contributed by atoms with Crippen LogP contribution in [-0.4, -0.2) is 27.8 Å². The summed E-state index contributed by atoms with van der Waals surface area (Å²) in [5.41, 5.74) is 5.19. The second kappa shape index (κ2) is 4.06. The molecule has 1 aromatic heterocycles. The van der Waals surface area contributed by atoms with Crippen LogP contribution in [0.15, 0.2) is 4.52 Å². The molecule has 6 heteroatoms. The zero-order valence-corrected chi connectivity index (χ0v) is 12.1. The Bertz CT molecular complexity index is 566. The lowest BCUT2D eigenvalue weighted by Gasteiger charge is -2.49. The Balaban J connectivity index is 1.60.